The van der Waals surface area contributed by atoms with Crippen LogP contribution in [0, 0.1) is 11.6 Å². The summed E-state index contributed by atoms with van der Waals surface area (Å²) >= 11 is 0. The Labute approximate surface area is 193 Å². The van der Waals surface area contributed by atoms with Gasteiger partial charge in [-0.1, -0.05) is 24.3 Å². The standard InChI is InChI=1S/C25H19F2N5O2/c1-32-15-17(23(31-32)16-10-12-28-13-11-16)14-18(24(33)29-21-8-4-2-6-19(21)26)25(34)30-22-9-5-3-7-20(22)27/h2-15H,1H3,(H,29,33)(H,30,34). The lowest BCUT2D eigenvalue weighted by Crippen LogP contribution is -2.26. The Morgan fingerprint density at radius 2 is 1.38 bits per heavy atom. The Kier molecular flexibility index (Phi) is 6.54. The number of anilines is 2. The molecule has 0 atom stereocenters. The van der Waals surface area contributed by atoms with Gasteiger partial charge in [-0.25, -0.2) is 8.78 Å². The molecule has 4 aromatic rings. The minimum absolute atomic E-state index is 0.0994. The highest BCUT2D eigenvalue weighted by atomic mass is 19.1. The van der Waals surface area contributed by atoms with E-state index < -0.39 is 23.4 Å². The van der Waals surface area contributed by atoms with Crippen LogP contribution in [0.1, 0.15) is 5.56 Å². The lowest BCUT2D eigenvalue weighted by molar-refractivity contribution is -0.118. The van der Waals surface area contributed by atoms with Gasteiger partial charge in [0.1, 0.15) is 17.2 Å². The first-order valence-corrected chi connectivity index (χ1v) is 10.2. The van der Waals surface area contributed by atoms with Crippen molar-refractivity contribution in [2.24, 2.45) is 7.05 Å². The van der Waals surface area contributed by atoms with Gasteiger partial charge < -0.3 is 10.6 Å². The Balaban J connectivity index is 1.76. The molecule has 0 saturated carbocycles. The minimum atomic E-state index is -0.872. The first-order chi connectivity index (χ1) is 16.4. The number of carbonyl (C=O) groups excluding carboxylic acids is 2. The van der Waals surface area contributed by atoms with Gasteiger partial charge in [0, 0.05) is 36.8 Å². The SMILES string of the molecule is Cn1cc(C=C(C(=O)Nc2ccccc2F)C(=O)Nc2ccccc2F)c(-c2ccncc2)n1. The highest BCUT2D eigenvalue weighted by Crippen LogP contribution is 2.25. The van der Waals surface area contributed by atoms with Crippen LogP contribution in [0.4, 0.5) is 20.2 Å². The van der Waals surface area contributed by atoms with Crippen LogP contribution in [-0.4, -0.2) is 26.6 Å². The quantitative estimate of drug-likeness (QED) is 0.254. The Morgan fingerprint density at radius 1 is 0.853 bits per heavy atom. The summed E-state index contributed by atoms with van der Waals surface area (Å²) in [5.41, 5.74) is 1.10. The van der Waals surface area contributed by atoms with Gasteiger partial charge in [-0.3, -0.25) is 19.3 Å². The minimum Gasteiger partial charge on any atom is -0.319 e. The number of hydrogen-bond acceptors (Lipinski definition) is 4. The molecule has 0 aliphatic rings. The summed E-state index contributed by atoms with van der Waals surface area (Å²) in [5, 5.41) is 9.22. The predicted molar refractivity (Wildman–Crippen MR) is 124 cm³/mol. The van der Waals surface area contributed by atoms with Crippen molar-refractivity contribution in [2.45, 2.75) is 0 Å². The van der Waals surface area contributed by atoms with Crippen LogP contribution in [0.25, 0.3) is 17.3 Å². The van der Waals surface area contributed by atoms with Gasteiger partial charge >= 0.3 is 0 Å². The maximum absolute atomic E-state index is 14.1. The van der Waals surface area contributed by atoms with Crippen LogP contribution in [0.5, 0.6) is 0 Å². The van der Waals surface area contributed by atoms with Gasteiger partial charge in [0.2, 0.25) is 0 Å². The molecule has 7 nitrogen and oxygen atoms in total. The molecule has 9 heteroatoms. The van der Waals surface area contributed by atoms with Gasteiger partial charge in [0.15, 0.2) is 0 Å². The van der Waals surface area contributed by atoms with E-state index >= 15 is 0 Å². The summed E-state index contributed by atoms with van der Waals surface area (Å²) in [4.78, 5) is 30.2. The van der Waals surface area contributed by atoms with Crippen LogP contribution >= 0.6 is 0 Å². The van der Waals surface area contributed by atoms with E-state index in [1.54, 1.807) is 49.9 Å². The average molecular weight is 459 g/mol. The molecule has 0 radical (unpaired) electrons. The molecular weight excluding hydrogens is 440 g/mol. The second-order valence-corrected chi connectivity index (χ2v) is 7.27. The maximum Gasteiger partial charge on any atom is 0.261 e. The van der Waals surface area contributed by atoms with Gasteiger partial charge in [0.25, 0.3) is 11.8 Å². The Morgan fingerprint density at radius 3 is 1.91 bits per heavy atom. The zero-order valence-corrected chi connectivity index (χ0v) is 18.0. The fraction of sp³-hybridized carbons (Fsp3) is 0.0400. The van der Waals surface area contributed by atoms with E-state index in [9.17, 15) is 18.4 Å². The fourth-order valence-electron chi connectivity index (χ4n) is 3.24. The number of hydrogen-bond donors (Lipinski definition) is 2. The number of para-hydroxylation sites is 2. The van der Waals surface area contributed by atoms with Crippen molar-refractivity contribution in [3.63, 3.8) is 0 Å². The molecule has 34 heavy (non-hydrogen) atoms. The van der Waals surface area contributed by atoms with E-state index in [1.807, 2.05) is 0 Å². The molecule has 170 valence electrons. The number of aromatic nitrogens is 3. The second kappa shape index (κ2) is 9.86. The third-order valence-corrected chi connectivity index (χ3v) is 4.84. The maximum atomic E-state index is 14.1. The van der Waals surface area contributed by atoms with E-state index in [4.69, 9.17) is 0 Å². The topological polar surface area (TPSA) is 88.9 Å². The third kappa shape index (κ3) is 5.04. The molecule has 0 unspecified atom stereocenters. The van der Waals surface area contributed by atoms with Crippen molar-refractivity contribution in [2.75, 3.05) is 10.6 Å². The van der Waals surface area contributed by atoms with Crippen molar-refractivity contribution in [1.82, 2.24) is 14.8 Å². The van der Waals surface area contributed by atoms with Gasteiger partial charge in [-0.15, -0.1) is 0 Å². The average Bonchev–Trinajstić information content (AvgIpc) is 3.21. The van der Waals surface area contributed by atoms with Crippen LogP contribution in [0.15, 0.2) is 84.8 Å². The number of amides is 2. The molecule has 2 N–H and O–H groups in total. The molecule has 2 heterocycles. The number of rotatable bonds is 6. The number of carbonyl (C=O) groups is 2. The molecule has 0 aliphatic heterocycles. The fourth-order valence-corrected chi connectivity index (χ4v) is 3.24. The third-order valence-electron chi connectivity index (χ3n) is 4.84. The number of pyridine rings is 1. The molecule has 0 fully saturated rings. The van der Waals surface area contributed by atoms with Crippen molar-refractivity contribution < 1.29 is 18.4 Å². The van der Waals surface area contributed by atoms with E-state index in [1.165, 1.54) is 47.2 Å². The number of nitrogens with zero attached hydrogens (tertiary/aromatic N) is 3. The lowest BCUT2D eigenvalue weighted by atomic mass is 10.1. The second-order valence-electron chi connectivity index (χ2n) is 7.27. The van der Waals surface area contributed by atoms with Gasteiger partial charge in [0.05, 0.1) is 17.1 Å². The zero-order valence-electron chi connectivity index (χ0n) is 18.0. The first kappa shape index (κ1) is 22.5. The van der Waals surface area contributed by atoms with Gasteiger partial charge in [-0.05, 0) is 42.5 Å². The Hall–Kier alpha value is -4.66. The molecule has 0 spiro atoms. The smallest absolute Gasteiger partial charge is 0.261 e. The normalized spacial score (nSPS) is 10.4. The van der Waals surface area contributed by atoms with Crippen molar-refractivity contribution in [1.29, 1.82) is 0 Å². The van der Waals surface area contributed by atoms with Crippen molar-refractivity contribution in [3.8, 4) is 11.3 Å². The molecular formula is C25H19F2N5O2. The van der Waals surface area contributed by atoms with Crippen molar-refractivity contribution in [3.05, 3.63) is 102 Å². The van der Waals surface area contributed by atoms with Crippen LogP contribution < -0.4 is 10.6 Å². The molecule has 4 rings (SSSR count). The van der Waals surface area contributed by atoms with Gasteiger partial charge in [-0.2, -0.15) is 5.10 Å². The Bertz CT molecular complexity index is 1320. The molecule has 2 aromatic carbocycles. The summed E-state index contributed by atoms with van der Waals surface area (Å²) in [6, 6.07) is 14.6. The summed E-state index contributed by atoms with van der Waals surface area (Å²) in [6.45, 7) is 0. The van der Waals surface area contributed by atoms with Crippen LogP contribution in [0.2, 0.25) is 0 Å². The predicted octanol–water partition coefficient (Wildman–Crippen LogP) is 4.42. The number of nitrogens with one attached hydrogen (secondary N) is 2. The number of benzene rings is 2. The van der Waals surface area contributed by atoms with E-state index in [2.05, 4.69) is 20.7 Å². The highest BCUT2D eigenvalue weighted by molar-refractivity contribution is 6.29. The number of halogens is 2. The van der Waals surface area contributed by atoms with E-state index in [-0.39, 0.29) is 16.9 Å². The molecule has 0 bridgehead atoms. The van der Waals surface area contributed by atoms with Crippen LogP contribution in [-0.2, 0) is 16.6 Å². The largest absolute Gasteiger partial charge is 0.319 e. The molecule has 2 aromatic heterocycles. The summed E-state index contributed by atoms with van der Waals surface area (Å²) in [5.74, 6) is -3.07. The van der Waals surface area contributed by atoms with Crippen molar-refractivity contribution >= 4 is 29.3 Å². The van der Waals surface area contributed by atoms with E-state index in [0.29, 0.717) is 16.8 Å². The molecule has 0 saturated heterocycles. The van der Waals surface area contributed by atoms with Crippen LogP contribution in [0.3, 0.4) is 0 Å². The highest BCUT2D eigenvalue weighted by Gasteiger charge is 2.22. The summed E-state index contributed by atoms with van der Waals surface area (Å²) in [6.07, 6.45) is 6.14. The lowest BCUT2D eigenvalue weighted by Gasteiger charge is -2.11. The monoisotopic (exact) mass is 459 g/mol. The summed E-state index contributed by atoms with van der Waals surface area (Å²) in [7, 11) is 1.69. The first-order valence-electron chi connectivity index (χ1n) is 10.2. The number of aryl methyl sites for hydroxylation is 1. The summed E-state index contributed by atoms with van der Waals surface area (Å²) < 4.78 is 29.8. The van der Waals surface area contributed by atoms with E-state index in [0.717, 1.165) is 0 Å². The zero-order chi connectivity index (χ0) is 24.1. The molecule has 0 aliphatic carbocycles. The molecule has 2 amide bonds.